The normalized spacial score (nSPS) is 10.7. The predicted molar refractivity (Wildman–Crippen MR) is 123 cm³/mol. The fourth-order valence-electron chi connectivity index (χ4n) is 3.33. The van der Waals surface area contributed by atoms with E-state index in [1.54, 1.807) is 30.3 Å². The number of carbonyl (C=O) groups excluding carboxylic acids is 1. The molecule has 2 N–H and O–H groups in total. The van der Waals surface area contributed by atoms with Crippen LogP contribution in [0, 0.1) is 20.8 Å². The first-order valence-electron chi connectivity index (χ1n) is 10.0. The number of anilines is 3. The van der Waals surface area contributed by atoms with Crippen molar-refractivity contribution in [1.82, 2.24) is 9.97 Å². The highest BCUT2D eigenvalue weighted by atomic mass is 16.5. The van der Waals surface area contributed by atoms with Crippen molar-refractivity contribution in [3.63, 3.8) is 0 Å². The van der Waals surface area contributed by atoms with Gasteiger partial charge in [-0.1, -0.05) is 6.07 Å². The lowest BCUT2D eigenvalue weighted by Crippen LogP contribution is -2.20. The molecule has 0 radical (unpaired) electrons. The number of hydrogen-bond acceptors (Lipinski definition) is 7. The number of carbonyl (C=O) groups is 1. The Labute approximate surface area is 184 Å². The maximum Gasteiger partial charge on any atom is 0.336 e. The van der Waals surface area contributed by atoms with Crippen molar-refractivity contribution >= 4 is 34.2 Å². The number of aromatic nitrogens is 2. The van der Waals surface area contributed by atoms with E-state index in [2.05, 4.69) is 20.6 Å². The zero-order valence-corrected chi connectivity index (χ0v) is 17.9. The summed E-state index contributed by atoms with van der Waals surface area (Å²) in [6.45, 7) is 5.45. The van der Waals surface area contributed by atoms with Gasteiger partial charge in [0, 0.05) is 40.3 Å². The van der Waals surface area contributed by atoms with Crippen LogP contribution in [-0.2, 0) is 4.79 Å². The van der Waals surface area contributed by atoms with E-state index >= 15 is 0 Å². The Kier molecular flexibility index (Phi) is 5.85. The number of aryl methyl sites for hydroxylation is 3. The van der Waals surface area contributed by atoms with Crippen molar-refractivity contribution in [2.45, 2.75) is 20.8 Å². The summed E-state index contributed by atoms with van der Waals surface area (Å²) in [7, 11) is 0. The van der Waals surface area contributed by atoms with Gasteiger partial charge in [-0.15, -0.1) is 0 Å². The zero-order valence-electron chi connectivity index (χ0n) is 17.9. The highest BCUT2D eigenvalue weighted by molar-refractivity contribution is 5.92. The third-order valence-electron chi connectivity index (χ3n) is 4.68. The van der Waals surface area contributed by atoms with Crippen molar-refractivity contribution in [2.24, 2.45) is 0 Å². The number of fused-ring (bicyclic) bond motifs is 1. The van der Waals surface area contributed by atoms with Crippen LogP contribution in [0.1, 0.15) is 17.0 Å². The molecule has 0 atom stereocenters. The molecule has 0 saturated carbocycles. The molecule has 0 aliphatic rings. The minimum absolute atomic E-state index is 0.195. The average molecular weight is 430 g/mol. The van der Waals surface area contributed by atoms with Gasteiger partial charge in [0.05, 0.1) is 0 Å². The predicted octanol–water partition coefficient (Wildman–Crippen LogP) is 4.27. The second kappa shape index (κ2) is 8.89. The SMILES string of the molecule is Cc1cc(C)nc(Nc2cccc(NC(=O)COc3ccc4c(C)cc(=O)oc4c3)c2)n1. The molecule has 0 bridgehead atoms. The molecule has 2 aromatic heterocycles. The first-order valence-corrected chi connectivity index (χ1v) is 10.0. The highest BCUT2D eigenvalue weighted by Crippen LogP contribution is 2.22. The van der Waals surface area contributed by atoms with Gasteiger partial charge in [0.1, 0.15) is 11.3 Å². The summed E-state index contributed by atoms with van der Waals surface area (Å²) in [5.74, 6) is 0.604. The van der Waals surface area contributed by atoms with Gasteiger partial charge in [-0.05, 0) is 62.7 Å². The maximum atomic E-state index is 12.4. The van der Waals surface area contributed by atoms with Gasteiger partial charge in [0.2, 0.25) is 5.95 Å². The molecule has 32 heavy (non-hydrogen) atoms. The molecule has 0 aliphatic heterocycles. The summed E-state index contributed by atoms with van der Waals surface area (Å²) in [5, 5.41) is 6.76. The van der Waals surface area contributed by atoms with E-state index in [9.17, 15) is 9.59 Å². The molecular formula is C24H22N4O4. The molecule has 4 aromatic rings. The zero-order chi connectivity index (χ0) is 22.7. The van der Waals surface area contributed by atoms with E-state index in [-0.39, 0.29) is 12.5 Å². The summed E-state index contributed by atoms with van der Waals surface area (Å²) >= 11 is 0. The van der Waals surface area contributed by atoms with Crippen molar-refractivity contribution in [3.8, 4) is 5.75 Å². The summed E-state index contributed by atoms with van der Waals surface area (Å²) in [6, 6.07) is 15.7. The van der Waals surface area contributed by atoms with Crippen LogP contribution in [0.3, 0.4) is 0 Å². The van der Waals surface area contributed by atoms with Crippen molar-refractivity contribution in [2.75, 3.05) is 17.2 Å². The number of nitrogens with one attached hydrogen (secondary N) is 2. The summed E-state index contributed by atoms with van der Waals surface area (Å²) in [6.07, 6.45) is 0. The van der Waals surface area contributed by atoms with Gasteiger partial charge in [-0.3, -0.25) is 4.79 Å². The molecule has 8 heteroatoms. The average Bonchev–Trinajstić information content (AvgIpc) is 2.71. The first kappa shape index (κ1) is 21.0. The summed E-state index contributed by atoms with van der Waals surface area (Å²) < 4.78 is 10.8. The third-order valence-corrected chi connectivity index (χ3v) is 4.68. The molecule has 4 rings (SSSR count). The van der Waals surface area contributed by atoms with Crippen LogP contribution in [0.5, 0.6) is 5.75 Å². The molecule has 0 unspecified atom stereocenters. The number of hydrogen-bond donors (Lipinski definition) is 2. The van der Waals surface area contributed by atoms with E-state index in [1.165, 1.54) is 6.07 Å². The van der Waals surface area contributed by atoms with Gasteiger partial charge in [0.15, 0.2) is 6.61 Å². The van der Waals surface area contributed by atoms with E-state index in [0.29, 0.717) is 23.0 Å². The summed E-state index contributed by atoms with van der Waals surface area (Å²) in [5.41, 5.74) is 3.89. The van der Waals surface area contributed by atoms with Gasteiger partial charge < -0.3 is 19.8 Å². The quantitative estimate of drug-likeness (QED) is 0.440. The second-order valence-electron chi connectivity index (χ2n) is 7.42. The Bertz CT molecular complexity index is 1340. The van der Waals surface area contributed by atoms with Gasteiger partial charge >= 0.3 is 5.63 Å². The monoisotopic (exact) mass is 430 g/mol. The first-order chi connectivity index (χ1) is 15.4. The van der Waals surface area contributed by atoms with Crippen molar-refractivity contribution in [1.29, 1.82) is 0 Å². The van der Waals surface area contributed by atoms with Crippen LogP contribution in [0.4, 0.5) is 17.3 Å². The maximum absolute atomic E-state index is 12.4. The number of ether oxygens (including phenoxy) is 1. The van der Waals surface area contributed by atoms with Crippen molar-refractivity contribution in [3.05, 3.63) is 82.0 Å². The number of benzene rings is 2. The second-order valence-corrected chi connectivity index (χ2v) is 7.42. The number of nitrogens with zero attached hydrogens (tertiary/aromatic N) is 2. The standard InChI is InChI=1S/C24H22N4O4/c1-14-9-23(30)32-21-12-19(7-8-20(14)21)31-13-22(29)27-17-5-4-6-18(11-17)28-24-25-15(2)10-16(3)26-24/h4-12H,13H2,1-3H3,(H,27,29)(H,25,26,28). The van der Waals surface area contributed by atoms with Crippen LogP contribution in [0.2, 0.25) is 0 Å². The molecule has 1 amide bonds. The lowest BCUT2D eigenvalue weighted by molar-refractivity contribution is -0.118. The lowest BCUT2D eigenvalue weighted by Gasteiger charge is -2.10. The van der Waals surface area contributed by atoms with Crippen LogP contribution in [-0.4, -0.2) is 22.5 Å². The number of rotatable bonds is 6. The number of amides is 1. The molecule has 8 nitrogen and oxygen atoms in total. The largest absolute Gasteiger partial charge is 0.484 e. The van der Waals surface area contributed by atoms with Crippen LogP contribution < -0.4 is 21.0 Å². The minimum atomic E-state index is -0.426. The molecule has 0 fully saturated rings. The Morgan fingerprint density at radius 1 is 0.969 bits per heavy atom. The highest BCUT2D eigenvalue weighted by Gasteiger charge is 2.08. The van der Waals surface area contributed by atoms with Crippen LogP contribution in [0.15, 0.2) is 63.8 Å². The Hall–Kier alpha value is -4.20. The van der Waals surface area contributed by atoms with E-state index in [1.807, 2.05) is 39.0 Å². The van der Waals surface area contributed by atoms with Crippen LogP contribution >= 0.6 is 0 Å². The molecule has 2 aromatic carbocycles. The Morgan fingerprint density at radius 2 is 1.72 bits per heavy atom. The molecule has 2 heterocycles. The fourth-order valence-corrected chi connectivity index (χ4v) is 3.33. The van der Waals surface area contributed by atoms with Gasteiger partial charge in [-0.25, -0.2) is 14.8 Å². The van der Waals surface area contributed by atoms with Gasteiger partial charge in [0.25, 0.3) is 5.91 Å². The van der Waals surface area contributed by atoms with Crippen molar-refractivity contribution < 1.29 is 13.9 Å². The third kappa shape index (κ3) is 5.10. The lowest BCUT2D eigenvalue weighted by atomic mass is 10.1. The van der Waals surface area contributed by atoms with Crippen LogP contribution in [0.25, 0.3) is 11.0 Å². The topological polar surface area (TPSA) is 106 Å². The minimum Gasteiger partial charge on any atom is -0.484 e. The Balaban J connectivity index is 1.39. The molecule has 0 spiro atoms. The Morgan fingerprint density at radius 3 is 2.50 bits per heavy atom. The van der Waals surface area contributed by atoms with Gasteiger partial charge in [-0.2, -0.15) is 0 Å². The molecule has 0 saturated heterocycles. The molecular weight excluding hydrogens is 408 g/mol. The molecule has 162 valence electrons. The van der Waals surface area contributed by atoms with E-state index < -0.39 is 5.63 Å². The summed E-state index contributed by atoms with van der Waals surface area (Å²) in [4.78, 5) is 32.7. The smallest absolute Gasteiger partial charge is 0.336 e. The van der Waals surface area contributed by atoms with E-state index in [4.69, 9.17) is 9.15 Å². The van der Waals surface area contributed by atoms with E-state index in [0.717, 1.165) is 28.0 Å². The molecule has 0 aliphatic carbocycles. The fraction of sp³-hybridized carbons (Fsp3) is 0.167.